The molecule has 7 heteroatoms. The van der Waals surface area contributed by atoms with Crippen LogP contribution in [0.15, 0.2) is 48.5 Å². The molecule has 144 valence electrons. The molecule has 0 aliphatic heterocycles. The average Bonchev–Trinajstić information content (AvgIpc) is 3.18. The lowest BCUT2D eigenvalue weighted by Gasteiger charge is -2.16. The number of aromatic nitrogens is 2. The highest BCUT2D eigenvalue weighted by Gasteiger charge is 2.24. The predicted molar refractivity (Wildman–Crippen MR) is 108 cm³/mol. The lowest BCUT2D eigenvalue weighted by Crippen LogP contribution is -2.22. The van der Waals surface area contributed by atoms with Crippen molar-refractivity contribution in [3.63, 3.8) is 0 Å². The van der Waals surface area contributed by atoms with E-state index in [1.54, 1.807) is 42.5 Å². The highest BCUT2D eigenvalue weighted by atomic mass is 32.1. The van der Waals surface area contributed by atoms with Gasteiger partial charge >= 0.3 is 0 Å². The van der Waals surface area contributed by atoms with E-state index in [-0.39, 0.29) is 11.7 Å². The van der Waals surface area contributed by atoms with Crippen LogP contribution < -0.4 is 5.32 Å². The van der Waals surface area contributed by atoms with Crippen LogP contribution in [0.5, 0.6) is 0 Å². The number of nitrogens with one attached hydrogen (secondary N) is 1. The Morgan fingerprint density at radius 2 is 1.93 bits per heavy atom. The van der Waals surface area contributed by atoms with Gasteiger partial charge in [-0.2, -0.15) is 0 Å². The molecule has 3 rings (SSSR count). The second kappa shape index (κ2) is 9.32. The van der Waals surface area contributed by atoms with E-state index in [2.05, 4.69) is 15.5 Å². The van der Waals surface area contributed by atoms with Crippen molar-refractivity contribution in [1.29, 1.82) is 0 Å². The summed E-state index contributed by atoms with van der Waals surface area (Å²) in [4.78, 5) is 23.6. The summed E-state index contributed by atoms with van der Waals surface area (Å²) in [6, 6.07) is 13.3. The smallest absolute Gasteiger partial charge is 0.233 e. The highest BCUT2D eigenvalue weighted by Crippen LogP contribution is 2.29. The molecule has 0 bridgehead atoms. The molecule has 0 spiro atoms. The molecule has 28 heavy (non-hydrogen) atoms. The van der Waals surface area contributed by atoms with E-state index in [1.165, 1.54) is 17.4 Å². The molecule has 0 saturated carbocycles. The first-order chi connectivity index (χ1) is 13.6. The van der Waals surface area contributed by atoms with Gasteiger partial charge in [0.1, 0.15) is 17.1 Å². The Balaban J connectivity index is 1.77. The van der Waals surface area contributed by atoms with Gasteiger partial charge in [0.05, 0.1) is 5.92 Å². The Bertz CT molecular complexity index is 956. The number of aldehydes is 1. The first-order valence-corrected chi connectivity index (χ1v) is 9.88. The van der Waals surface area contributed by atoms with Gasteiger partial charge in [0, 0.05) is 16.7 Å². The lowest BCUT2D eigenvalue weighted by atomic mass is 9.92. The number of rotatable bonds is 8. The number of amides is 1. The SMILES string of the molecule is CCCCC(C(=O)Nc1nnc(-c2ccc(C=O)cc2)s1)c1ccccc1F. The molecular weight excluding hydrogens is 377 g/mol. The van der Waals surface area contributed by atoms with Crippen LogP contribution in [0, 0.1) is 5.82 Å². The van der Waals surface area contributed by atoms with Crippen molar-refractivity contribution in [2.45, 2.75) is 32.1 Å². The summed E-state index contributed by atoms with van der Waals surface area (Å²) in [5.41, 5.74) is 1.77. The van der Waals surface area contributed by atoms with Crippen molar-refractivity contribution in [2.24, 2.45) is 0 Å². The number of carbonyl (C=O) groups is 2. The summed E-state index contributed by atoms with van der Waals surface area (Å²) >= 11 is 1.23. The second-order valence-electron chi connectivity index (χ2n) is 6.36. The molecule has 1 atom stereocenters. The van der Waals surface area contributed by atoms with Crippen molar-refractivity contribution in [1.82, 2.24) is 10.2 Å². The van der Waals surface area contributed by atoms with Crippen LogP contribution in [-0.4, -0.2) is 22.4 Å². The predicted octanol–water partition coefficient (Wildman–Crippen LogP) is 5.07. The number of nitrogens with zero attached hydrogens (tertiary/aromatic N) is 2. The molecule has 1 N–H and O–H groups in total. The molecule has 3 aromatic rings. The number of anilines is 1. The zero-order valence-electron chi connectivity index (χ0n) is 15.4. The van der Waals surface area contributed by atoms with Gasteiger partial charge in [0.2, 0.25) is 11.0 Å². The maximum atomic E-state index is 14.2. The highest BCUT2D eigenvalue weighted by molar-refractivity contribution is 7.18. The van der Waals surface area contributed by atoms with E-state index in [4.69, 9.17) is 0 Å². The molecule has 0 fully saturated rings. The maximum Gasteiger partial charge on any atom is 0.233 e. The van der Waals surface area contributed by atoms with Gasteiger partial charge in [-0.3, -0.25) is 14.9 Å². The van der Waals surface area contributed by atoms with E-state index < -0.39 is 5.92 Å². The van der Waals surface area contributed by atoms with Gasteiger partial charge in [-0.25, -0.2) is 4.39 Å². The number of benzene rings is 2. The summed E-state index contributed by atoms with van der Waals surface area (Å²) in [5, 5.41) is 11.9. The van der Waals surface area contributed by atoms with Crippen molar-refractivity contribution < 1.29 is 14.0 Å². The van der Waals surface area contributed by atoms with E-state index in [0.29, 0.717) is 27.7 Å². The van der Waals surface area contributed by atoms with Crippen LogP contribution in [0.3, 0.4) is 0 Å². The van der Waals surface area contributed by atoms with Crippen LogP contribution >= 0.6 is 11.3 Å². The van der Waals surface area contributed by atoms with Gasteiger partial charge < -0.3 is 0 Å². The third-order valence-corrected chi connectivity index (χ3v) is 5.28. The molecule has 2 aromatic carbocycles. The molecule has 5 nitrogen and oxygen atoms in total. The number of halogens is 1. The normalized spacial score (nSPS) is 11.8. The summed E-state index contributed by atoms with van der Waals surface area (Å²) < 4.78 is 14.2. The lowest BCUT2D eigenvalue weighted by molar-refractivity contribution is -0.117. The van der Waals surface area contributed by atoms with Crippen molar-refractivity contribution in [2.75, 3.05) is 5.32 Å². The fourth-order valence-corrected chi connectivity index (χ4v) is 3.63. The van der Waals surface area contributed by atoms with Crippen molar-refractivity contribution in [3.05, 3.63) is 65.5 Å². The quantitative estimate of drug-likeness (QED) is 0.539. The molecule has 1 unspecified atom stereocenters. The first kappa shape index (κ1) is 19.8. The standard InChI is InChI=1S/C21H20FN3O2S/c1-2-3-6-17(16-7-4-5-8-18(16)22)19(27)23-21-25-24-20(28-21)15-11-9-14(13-26)10-12-15/h4-5,7-13,17H,2-3,6H2,1H3,(H,23,25,27). The number of carbonyl (C=O) groups excluding carboxylic acids is 2. The molecule has 1 aromatic heterocycles. The van der Waals surface area contributed by atoms with Crippen LogP contribution in [0.4, 0.5) is 9.52 Å². The van der Waals surface area contributed by atoms with Gasteiger partial charge in [0.15, 0.2) is 0 Å². The Hall–Kier alpha value is -2.93. The topological polar surface area (TPSA) is 72.0 Å². The third-order valence-electron chi connectivity index (χ3n) is 4.39. The van der Waals surface area contributed by atoms with Crippen molar-refractivity contribution >= 4 is 28.7 Å². The second-order valence-corrected chi connectivity index (χ2v) is 7.34. The minimum absolute atomic E-state index is 0.294. The van der Waals surface area contributed by atoms with Gasteiger partial charge in [0.25, 0.3) is 0 Å². The molecule has 0 saturated heterocycles. The minimum atomic E-state index is -0.583. The zero-order valence-corrected chi connectivity index (χ0v) is 16.2. The Kier molecular flexibility index (Phi) is 6.60. The fourth-order valence-electron chi connectivity index (χ4n) is 2.88. The summed E-state index contributed by atoms with van der Waals surface area (Å²) in [5.74, 6) is -1.26. The molecule has 0 aliphatic carbocycles. The Labute approximate surface area is 166 Å². The van der Waals surface area contributed by atoms with Crippen LogP contribution in [0.2, 0.25) is 0 Å². The minimum Gasteiger partial charge on any atom is -0.300 e. The first-order valence-electron chi connectivity index (χ1n) is 9.06. The average molecular weight is 397 g/mol. The van der Waals surface area contributed by atoms with Crippen molar-refractivity contribution in [3.8, 4) is 10.6 Å². The monoisotopic (exact) mass is 397 g/mol. The molecular formula is C21H20FN3O2S. The summed E-state index contributed by atoms with van der Waals surface area (Å²) in [6.07, 6.45) is 3.06. The maximum absolute atomic E-state index is 14.2. The van der Waals surface area contributed by atoms with E-state index in [9.17, 15) is 14.0 Å². The zero-order chi connectivity index (χ0) is 19.9. The fraction of sp³-hybridized carbons (Fsp3) is 0.238. The number of hydrogen-bond acceptors (Lipinski definition) is 5. The Morgan fingerprint density at radius 1 is 1.18 bits per heavy atom. The van der Waals surface area contributed by atoms with Gasteiger partial charge in [-0.1, -0.05) is 73.6 Å². The molecule has 0 aliphatic rings. The Morgan fingerprint density at radius 3 is 2.61 bits per heavy atom. The van der Waals surface area contributed by atoms with Gasteiger partial charge in [-0.15, -0.1) is 10.2 Å². The third kappa shape index (κ3) is 4.67. The summed E-state index contributed by atoms with van der Waals surface area (Å²) in [7, 11) is 0. The molecule has 0 radical (unpaired) electrons. The number of unbranched alkanes of at least 4 members (excludes halogenated alkanes) is 1. The summed E-state index contributed by atoms with van der Waals surface area (Å²) in [6.45, 7) is 2.03. The van der Waals surface area contributed by atoms with Crippen LogP contribution in [-0.2, 0) is 4.79 Å². The number of hydrogen-bond donors (Lipinski definition) is 1. The van der Waals surface area contributed by atoms with E-state index >= 15 is 0 Å². The van der Waals surface area contributed by atoms with E-state index in [1.807, 2.05) is 6.92 Å². The molecule has 1 amide bonds. The van der Waals surface area contributed by atoms with Gasteiger partial charge in [-0.05, 0) is 12.5 Å². The largest absolute Gasteiger partial charge is 0.300 e. The molecule has 1 heterocycles. The van der Waals surface area contributed by atoms with Crippen LogP contribution in [0.1, 0.15) is 48.0 Å². The van der Waals surface area contributed by atoms with E-state index in [0.717, 1.165) is 24.7 Å². The van der Waals surface area contributed by atoms with Crippen LogP contribution in [0.25, 0.3) is 10.6 Å².